The minimum absolute atomic E-state index is 0.0778. The molecule has 3 heteroatoms. The Kier molecular flexibility index (Phi) is 4.94. The van der Waals surface area contributed by atoms with Gasteiger partial charge in [-0.15, -0.1) is 0 Å². The van der Waals surface area contributed by atoms with E-state index in [4.69, 9.17) is 0 Å². The molecule has 2 atom stereocenters. The smallest absolute Gasteiger partial charge is 0.127 e. The maximum Gasteiger partial charge on any atom is 0.127 e. The molecule has 0 bridgehead atoms. The van der Waals surface area contributed by atoms with E-state index in [1.807, 2.05) is 19.2 Å². The third-order valence-electron chi connectivity index (χ3n) is 4.11. The largest absolute Gasteiger partial charge is 0.313 e. The molecular formula is C16H25FN2. The van der Waals surface area contributed by atoms with Gasteiger partial charge in [-0.25, -0.2) is 4.39 Å². The second-order valence-corrected chi connectivity index (χ2v) is 5.58. The highest BCUT2D eigenvalue weighted by molar-refractivity contribution is 5.21. The minimum atomic E-state index is -0.108. The van der Waals surface area contributed by atoms with E-state index < -0.39 is 0 Å². The van der Waals surface area contributed by atoms with Gasteiger partial charge in [0.1, 0.15) is 5.82 Å². The SMILES string of the molecule is CCN(CC(C)C(NC)c1ccccc1F)C1CC1. The van der Waals surface area contributed by atoms with Gasteiger partial charge in [0.25, 0.3) is 0 Å². The van der Waals surface area contributed by atoms with Crippen molar-refractivity contribution in [2.45, 2.75) is 38.8 Å². The number of hydrogen-bond acceptors (Lipinski definition) is 2. The van der Waals surface area contributed by atoms with Crippen LogP contribution in [0.1, 0.15) is 38.3 Å². The minimum Gasteiger partial charge on any atom is -0.313 e. The Hall–Kier alpha value is -0.930. The first-order valence-corrected chi connectivity index (χ1v) is 7.33. The number of halogens is 1. The molecule has 19 heavy (non-hydrogen) atoms. The van der Waals surface area contributed by atoms with Gasteiger partial charge in [-0.3, -0.25) is 0 Å². The van der Waals surface area contributed by atoms with Crippen LogP contribution >= 0.6 is 0 Å². The number of hydrogen-bond donors (Lipinski definition) is 1. The molecule has 0 spiro atoms. The summed E-state index contributed by atoms with van der Waals surface area (Å²) in [5.74, 6) is 0.283. The highest BCUT2D eigenvalue weighted by Gasteiger charge is 2.30. The Bertz CT molecular complexity index is 403. The van der Waals surface area contributed by atoms with E-state index in [2.05, 4.69) is 24.1 Å². The van der Waals surface area contributed by atoms with Gasteiger partial charge >= 0.3 is 0 Å². The quantitative estimate of drug-likeness (QED) is 0.813. The van der Waals surface area contributed by atoms with Gasteiger partial charge in [0.05, 0.1) is 0 Å². The molecular weight excluding hydrogens is 239 g/mol. The Morgan fingerprint density at radius 2 is 2.05 bits per heavy atom. The normalized spacial score (nSPS) is 18.6. The average molecular weight is 264 g/mol. The fraction of sp³-hybridized carbons (Fsp3) is 0.625. The molecule has 1 fully saturated rings. The summed E-state index contributed by atoms with van der Waals surface area (Å²) in [4.78, 5) is 2.52. The molecule has 0 amide bonds. The number of rotatable bonds is 7. The van der Waals surface area contributed by atoms with Crippen molar-refractivity contribution in [3.63, 3.8) is 0 Å². The Morgan fingerprint density at radius 1 is 1.37 bits per heavy atom. The lowest BCUT2D eigenvalue weighted by molar-refractivity contribution is 0.213. The Labute approximate surface area is 116 Å². The van der Waals surface area contributed by atoms with Crippen LogP contribution in [0.4, 0.5) is 4.39 Å². The van der Waals surface area contributed by atoms with Crippen molar-refractivity contribution in [2.24, 2.45) is 5.92 Å². The summed E-state index contributed by atoms with van der Waals surface area (Å²) in [5.41, 5.74) is 0.782. The van der Waals surface area contributed by atoms with Crippen LogP contribution in [-0.2, 0) is 0 Å². The van der Waals surface area contributed by atoms with Crippen molar-refractivity contribution in [2.75, 3.05) is 20.1 Å². The van der Waals surface area contributed by atoms with Gasteiger partial charge in [0, 0.05) is 24.2 Å². The highest BCUT2D eigenvalue weighted by Crippen LogP contribution is 2.30. The van der Waals surface area contributed by atoms with Gasteiger partial charge in [-0.05, 0) is 38.4 Å². The molecule has 1 N–H and O–H groups in total. The first-order chi connectivity index (χ1) is 9.17. The molecule has 0 aromatic heterocycles. The predicted molar refractivity (Wildman–Crippen MR) is 77.6 cm³/mol. The molecule has 1 aliphatic carbocycles. The number of nitrogens with zero attached hydrogens (tertiary/aromatic N) is 1. The molecule has 106 valence electrons. The van der Waals surface area contributed by atoms with Gasteiger partial charge in [-0.2, -0.15) is 0 Å². The van der Waals surface area contributed by atoms with E-state index in [0.717, 1.165) is 24.7 Å². The zero-order chi connectivity index (χ0) is 13.8. The van der Waals surface area contributed by atoms with Gasteiger partial charge in [0.15, 0.2) is 0 Å². The summed E-state index contributed by atoms with van der Waals surface area (Å²) in [6.45, 7) is 6.53. The number of benzene rings is 1. The third kappa shape index (κ3) is 3.54. The lowest BCUT2D eigenvalue weighted by Gasteiger charge is -2.30. The standard InChI is InChI=1S/C16H25FN2/c1-4-19(13-9-10-13)11-12(2)16(18-3)14-7-5-6-8-15(14)17/h5-8,12-13,16,18H,4,9-11H2,1-3H3. The first kappa shape index (κ1) is 14.5. The predicted octanol–water partition coefficient (Wildman–Crippen LogP) is 3.21. The first-order valence-electron chi connectivity index (χ1n) is 7.33. The maximum atomic E-state index is 13.9. The monoisotopic (exact) mass is 264 g/mol. The molecule has 2 rings (SSSR count). The molecule has 1 aromatic rings. The van der Waals surface area contributed by atoms with E-state index in [0.29, 0.717) is 5.92 Å². The molecule has 2 nitrogen and oxygen atoms in total. The summed E-state index contributed by atoms with van der Waals surface area (Å²) in [7, 11) is 1.92. The molecule has 2 unspecified atom stereocenters. The van der Waals surface area contributed by atoms with Gasteiger partial charge in [0.2, 0.25) is 0 Å². The second-order valence-electron chi connectivity index (χ2n) is 5.58. The van der Waals surface area contributed by atoms with Gasteiger partial charge < -0.3 is 10.2 Å². The molecule has 0 aliphatic heterocycles. The van der Waals surface area contributed by atoms with Crippen molar-refractivity contribution in [1.29, 1.82) is 0 Å². The summed E-state index contributed by atoms with van der Waals surface area (Å²) < 4.78 is 13.9. The fourth-order valence-electron chi connectivity index (χ4n) is 2.93. The van der Waals surface area contributed by atoms with Gasteiger partial charge in [-0.1, -0.05) is 32.0 Å². The topological polar surface area (TPSA) is 15.3 Å². The molecule has 0 heterocycles. The van der Waals surface area contributed by atoms with Crippen LogP contribution in [0, 0.1) is 11.7 Å². The van der Waals surface area contributed by atoms with Crippen LogP contribution in [0.15, 0.2) is 24.3 Å². The van der Waals surface area contributed by atoms with Crippen LogP contribution in [0.5, 0.6) is 0 Å². The third-order valence-corrected chi connectivity index (χ3v) is 4.11. The van der Waals surface area contributed by atoms with Crippen molar-refractivity contribution in [3.8, 4) is 0 Å². The van der Waals surface area contributed by atoms with Crippen molar-refractivity contribution >= 4 is 0 Å². The number of nitrogens with one attached hydrogen (secondary N) is 1. The lowest BCUT2D eigenvalue weighted by Crippen LogP contribution is -2.36. The van der Waals surface area contributed by atoms with Crippen LogP contribution in [0.3, 0.4) is 0 Å². The van der Waals surface area contributed by atoms with Crippen molar-refractivity contribution < 1.29 is 4.39 Å². The molecule has 1 aliphatic rings. The fourth-order valence-corrected chi connectivity index (χ4v) is 2.93. The average Bonchev–Trinajstić information content (AvgIpc) is 3.23. The van der Waals surface area contributed by atoms with E-state index in [9.17, 15) is 4.39 Å². The van der Waals surface area contributed by atoms with E-state index in [1.165, 1.54) is 12.8 Å². The van der Waals surface area contributed by atoms with Crippen LogP contribution < -0.4 is 5.32 Å². The second kappa shape index (κ2) is 6.49. The summed E-state index contributed by atoms with van der Waals surface area (Å²) >= 11 is 0. The van der Waals surface area contributed by atoms with Crippen LogP contribution in [0.2, 0.25) is 0 Å². The molecule has 0 saturated heterocycles. The molecule has 1 saturated carbocycles. The molecule has 1 aromatic carbocycles. The van der Waals surface area contributed by atoms with Crippen molar-refractivity contribution in [3.05, 3.63) is 35.6 Å². The van der Waals surface area contributed by atoms with E-state index >= 15 is 0 Å². The van der Waals surface area contributed by atoms with Crippen LogP contribution in [0.25, 0.3) is 0 Å². The van der Waals surface area contributed by atoms with E-state index in [-0.39, 0.29) is 11.9 Å². The Balaban J connectivity index is 2.06. The van der Waals surface area contributed by atoms with E-state index in [1.54, 1.807) is 12.1 Å². The molecule has 0 radical (unpaired) electrons. The van der Waals surface area contributed by atoms with Crippen molar-refractivity contribution in [1.82, 2.24) is 10.2 Å². The summed E-state index contributed by atoms with van der Waals surface area (Å²) in [6.07, 6.45) is 2.65. The zero-order valence-electron chi connectivity index (χ0n) is 12.2. The zero-order valence-corrected chi connectivity index (χ0v) is 12.2. The highest BCUT2D eigenvalue weighted by atomic mass is 19.1. The maximum absolute atomic E-state index is 13.9. The summed E-state index contributed by atoms with van der Waals surface area (Å²) in [5, 5.41) is 3.28. The van der Waals surface area contributed by atoms with Crippen LogP contribution in [-0.4, -0.2) is 31.1 Å². The lowest BCUT2D eigenvalue weighted by atomic mass is 9.93. The Morgan fingerprint density at radius 3 is 2.58 bits per heavy atom. The summed E-state index contributed by atoms with van der Waals surface area (Å²) in [6, 6.07) is 7.94.